The monoisotopic (exact) mass is 376 g/mol. The van der Waals surface area contributed by atoms with Crippen LogP contribution < -0.4 is 0 Å². The summed E-state index contributed by atoms with van der Waals surface area (Å²) >= 11 is 4.88. The number of hydrogen-bond acceptors (Lipinski definition) is 3. The van der Waals surface area contributed by atoms with Crippen LogP contribution >= 0.6 is 27.3 Å². The smallest absolute Gasteiger partial charge is 0.347 e. The van der Waals surface area contributed by atoms with Gasteiger partial charge in [0.25, 0.3) is 0 Å². The summed E-state index contributed by atoms with van der Waals surface area (Å²) in [5, 5.41) is 11.2. The molecule has 1 aliphatic heterocycles. The Balaban J connectivity index is 1.92. The van der Waals surface area contributed by atoms with E-state index >= 15 is 0 Å². The van der Waals surface area contributed by atoms with Crippen LogP contribution in [0.5, 0.6) is 0 Å². The van der Waals surface area contributed by atoms with Gasteiger partial charge in [0.1, 0.15) is 9.88 Å². The molecule has 0 spiro atoms. The molecule has 3 heterocycles. The maximum atomic E-state index is 11.2. The van der Waals surface area contributed by atoms with Crippen LogP contribution in [0.1, 0.15) is 27.5 Å². The Morgan fingerprint density at radius 2 is 2.23 bits per heavy atom. The van der Waals surface area contributed by atoms with E-state index in [9.17, 15) is 9.90 Å². The van der Waals surface area contributed by atoms with Crippen molar-refractivity contribution in [3.8, 4) is 10.6 Å². The molecule has 22 heavy (non-hydrogen) atoms. The van der Waals surface area contributed by atoms with Crippen LogP contribution in [0.15, 0.2) is 22.7 Å². The van der Waals surface area contributed by atoms with Crippen LogP contribution in [-0.2, 0) is 13.0 Å². The summed E-state index contributed by atoms with van der Waals surface area (Å²) in [6.45, 7) is 2.79. The number of aromatic carboxylic acids is 1. The van der Waals surface area contributed by atoms with Crippen LogP contribution in [0.25, 0.3) is 21.5 Å². The second-order valence-electron chi connectivity index (χ2n) is 5.52. The molecule has 0 unspecified atom stereocenters. The van der Waals surface area contributed by atoms with E-state index in [4.69, 9.17) is 0 Å². The van der Waals surface area contributed by atoms with E-state index in [2.05, 4.69) is 37.6 Å². The van der Waals surface area contributed by atoms with Crippen molar-refractivity contribution in [2.24, 2.45) is 0 Å². The number of carboxylic acid groups (broad SMARTS) is 1. The average Bonchev–Trinajstić information content (AvgIpc) is 3.12. The molecule has 1 N–H and O–H groups in total. The molecule has 0 radical (unpaired) electrons. The molecule has 0 fully saturated rings. The van der Waals surface area contributed by atoms with Crippen molar-refractivity contribution in [3.05, 3.63) is 38.9 Å². The number of halogens is 1. The number of benzene rings is 1. The fraction of sp³-hybridized carbons (Fsp3) is 0.250. The van der Waals surface area contributed by atoms with Crippen molar-refractivity contribution in [2.75, 3.05) is 0 Å². The third-order valence-electron chi connectivity index (χ3n) is 4.11. The number of hydrogen-bond donors (Lipinski definition) is 1. The Hall–Kier alpha value is -1.66. The van der Waals surface area contributed by atoms with E-state index in [1.54, 1.807) is 6.92 Å². The number of thiazole rings is 1. The molecular formula is C16H13BrN2O2S. The first-order chi connectivity index (χ1) is 10.5. The topological polar surface area (TPSA) is 55.1 Å². The first kappa shape index (κ1) is 14.0. The van der Waals surface area contributed by atoms with Crippen molar-refractivity contribution in [3.63, 3.8) is 0 Å². The minimum absolute atomic E-state index is 0.312. The predicted molar refractivity (Wildman–Crippen MR) is 90.8 cm³/mol. The molecule has 0 amide bonds. The highest BCUT2D eigenvalue weighted by molar-refractivity contribution is 9.10. The summed E-state index contributed by atoms with van der Waals surface area (Å²) in [5.41, 5.74) is 4.10. The van der Waals surface area contributed by atoms with Gasteiger partial charge in [0.15, 0.2) is 0 Å². The highest BCUT2D eigenvalue weighted by Crippen LogP contribution is 2.37. The highest BCUT2D eigenvalue weighted by Gasteiger charge is 2.19. The largest absolute Gasteiger partial charge is 0.477 e. The Morgan fingerprint density at radius 3 is 2.95 bits per heavy atom. The summed E-state index contributed by atoms with van der Waals surface area (Å²) in [6, 6.07) is 6.40. The van der Waals surface area contributed by atoms with Gasteiger partial charge in [0.2, 0.25) is 0 Å². The van der Waals surface area contributed by atoms with Gasteiger partial charge in [0.05, 0.1) is 11.2 Å². The number of nitrogens with zero attached hydrogens (tertiary/aromatic N) is 2. The van der Waals surface area contributed by atoms with Crippen molar-refractivity contribution in [1.82, 2.24) is 9.55 Å². The van der Waals surface area contributed by atoms with E-state index < -0.39 is 5.97 Å². The fourth-order valence-electron chi connectivity index (χ4n) is 3.10. The van der Waals surface area contributed by atoms with Crippen molar-refractivity contribution < 1.29 is 9.90 Å². The quantitative estimate of drug-likeness (QED) is 0.717. The summed E-state index contributed by atoms with van der Waals surface area (Å²) in [5.74, 6) is -0.912. The van der Waals surface area contributed by atoms with E-state index in [-0.39, 0.29) is 0 Å². The lowest BCUT2D eigenvalue weighted by atomic mass is 10.1. The van der Waals surface area contributed by atoms with Crippen molar-refractivity contribution in [2.45, 2.75) is 26.3 Å². The van der Waals surface area contributed by atoms with Crippen LogP contribution in [0.3, 0.4) is 0 Å². The van der Waals surface area contributed by atoms with E-state index in [1.165, 1.54) is 34.4 Å². The minimum atomic E-state index is -0.912. The molecule has 1 aliphatic rings. The van der Waals surface area contributed by atoms with Crippen LogP contribution in [0.2, 0.25) is 0 Å². The van der Waals surface area contributed by atoms with Gasteiger partial charge < -0.3 is 9.67 Å². The number of carbonyl (C=O) groups is 1. The lowest BCUT2D eigenvalue weighted by Gasteiger charge is -2.04. The van der Waals surface area contributed by atoms with E-state index in [0.29, 0.717) is 10.6 Å². The van der Waals surface area contributed by atoms with Gasteiger partial charge in [-0.25, -0.2) is 9.78 Å². The predicted octanol–water partition coefficient (Wildman–Crippen LogP) is 4.48. The van der Waals surface area contributed by atoms with E-state index in [0.717, 1.165) is 28.0 Å². The third kappa shape index (κ3) is 2.01. The SMILES string of the molecule is Cc1nc(-c2cc(Br)c3cc4n(c3c2)CCC4)sc1C(=O)O. The van der Waals surface area contributed by atoms with Crippen LogP contribution in [0, 0.1) is 6.92 Å². The highest BCUT2D eigenvalue weighted by atomic mass is 79.9. The summed E-state index contributed by atoms with van der Waals surface area (Å²) in [6.07, 6.45) is 2.31. The van der Waals surface area contributed by atoms with Gasteiger partial charge in [-0.3, -0.25) is 0 Å². The molecule has 1 aromatic carbocycles. The Kier molecular flexibility index (Phi) is 3.13. The molecule has 0 bridgehead atoms. The third-order valence-corrected chi connectivity index (χ3v) is 5.96. The summed E-state index contributed by atoms with van der Waals surface area (Å²) < 4.78 is 3.38. The van der Waals surface area contributed by atoms with Crippen LogP contribution in [0.4, 0.5) is 0 Å². The summed E-state index contributed by atoms with van der Waals surface area (Å²) in [4.78, 5) is 16.0. The van der Waals surface area contributed by atoms with Gasteiger partial charge in [-0.2, -0.15) is 0 Å². The summed E-state index contributed by atoms with van der Waals surface area (Å²) in [7, 11) is 0. The fourth-order valence-corrected chi connectivity index (χ4v) is 4.56. The second-order valence-corrected chi connectivity index (χ2v) is 7.37. The maximum absolute atomic E-state index is 11.2. The van der Waals surface area contributed by atoms with E-state index in [1.807, 2.05) is 6.07 Å². The molecule has 0 aliphatic carbocycles. The van der Waals surface area contributed by atoms with Crippen molar-refractivity contribution >= 4 is 44.1 Å². The zero-order chi connectivity index (χ0) is 15.4. The zero-order valence-corrected chi connectivity index (χ0v) is 14.3. The number of aromatic nitrogens is 2. The number of aryl methyl sites for hydroxylation is 3. The van der Waals surface area contributed by atoms with Gasteiger partial charge in [-0.05, 0) is 38.0 Å². The molecule has 3 aromatic rings. The molecular weight excluding hydrogens is 364 g/mol. The van der Waals surface area contributed by atoms with Gasteiger partial charge in [0, 0.05) is 27.7 Å². The Bertz CT molecular complexity index is 926. The minimum Gasteiger partial charge on any atom is -0.477 e. The molecule has 2 aromatic heterocycles. The number of carboxylic acids is 1. The van der Waals surface area contributed by atoms with Crippen LogP contribution in [-0.4, -0.2) is 20.6 Å². The Labute approximate surface area is 139 Å². The average molecular weight is 377 g/mol. The maximum Gasteiger partial charge on any atom is 0.347 e. The molecule has 0 saturated carbocycles. The standard InChI is InChI=1S/C16H13BrN2O2S/c1-8-14(16(20)21)22-15(18-8)9-5-12(17)11-7-10-3-2-4-19(10)13(11)6-9/h5-7H,2-4H2,1H3,(H,20,21). The van der Waals surface area contributed by atoms with Gasteiger partial charge in [-0.15, -0.1) is 11.3 Å². The first-order valence-corrected chi connectivity index (χ1v) is 8.68. The molecule has 4 rings (SSSR count). The zero-order valence-electron chi connectivity index (χ0n) is 11.9. The van der Waals surface area contributed by atoms with Gasteiger partial charge in [-0.1, -0.05) is 15.9 Å². The number of fused-ring (bicyclic) bond motifs is 3. The lowest BCUT2D eigenvalue weighted by molar-refractivity contribution is 0.0701. The van der Waals surface area contributed by atoms with Crippen molar-refractivity contribution in [1.29, 1.82) is 0 Å². The molecule has 112 valence electrons. The first-order valence-electron chi connectivity index (χ1n) is 7.07. The molecule has 6 heteroatoms. The molecule has 4 nitrogen and oxygen atoms in total. The number of rotatable bonds is 2. The lowest BCUT2D eigenvalue weighted by Crippen LogP contribution is -1.94. The molecule has 0 saturated heterocycles. The Morgan fingerprint density at radius 1 is 1.41 bits per heavy atom. The second kappa shape index (κ2) is 4.93. The molecule has 0 atom stereocenters. The normalized spacial score (nSPS) is 13.7. The van der Waals surface area contributed by atoms with Gasteiger partial charge >= 0.3 is 5.97 Å².